The molecule has 0 saturated heterocycles. The first-order chi connectivity index (χ1) is 12.2. The second kappa shape index (κ2) is 6.51. The zero-order valence-corrected chi connectivity index (χ0v) is 14.0. The molecule has 3 aromatic rings. The van der Waals surface area contributed by atoms with Gasteiger partial charge in [-0.25, -0.2) is 9.97 Å². The van der Waals surface area contributed by atoms with Crippen LogP contribution in [0, 0.1) is 0 Å². The molecule has 7 heteroatoms. The minimum Gasteiger partial charge on any atom is -0.493 e. The number of nitrogens with one attached hydrogen (secondary N) is 2. The largest absolute Gasteiger partial charge is 0.493 e. The molecule has 0 unspecified atom stereocenters. The molecule has 128 valence electrons. The van der Waals surface area contributed by atoms with Crippen molar-refractivity contribution in [2.75, 3.05) is 11.9 Å². The van der Waals surface area contributed by atoms with E-state index in [0.29, 0.717) is 41.2 Å². The van der Waals surface area contributed by atoms with Crippen LogP contribution in [-0.4, -0.2) is 32.6 Å². The molecule has 1 saturated carbocycles. The van der Waals surface area contributed by atoms with Crippen LogP contribution in [0.2, 0.25) is 0 Å². The van der Waals surface area contributed by atoms with Crippen molar-refractivity contribution in [2.45, 2.75) is 32.2 Å². The Morgan fingerprint density at radius 3 is 2.92 bits per heavy atom. The molecule has 7 nitrogen and oxygen atoms in total. The van der Waals surface area contributed by atoms with E-state index < -0.39 is 0 Å². The number of fused-ring (bicyclic) bond motifs is 1. The zero-order valence-electron chi connectivity index (χ0n) is 14.0. The maximum absolute atomic E-state index is 12.4. The molecule has 1 fully saturated rings. The molecule has 0 amide bonds. The van der Waals surface area contributed by atoms with Crippen molar-refractivity contribution in [1.82, 2.24) is 19.9 Å². The minimum absolute atomic E-state index is 0.261. The van der Waals surface area contributed by atoms with Crippen LogP contribution >= 0.6 is 0 Å². The monoisotopic (exact) mass is 337 g/mol. The number of benzene rings is 1. The van der Waals surface area contributed by atoms with E-state index in [-0.39, 0.29) is 5.56 Å². The predicted molar refractivity (Wildman–Crippen MR) is 95.8 cm³/mol. The number of ether oxygens (including phenoxy) is 1. The Hall–Kier alpha value is -2.96. The van der Waals surface area contributed by atoms with E-state index in [4.69, 9.17) is 4.74 Å². The SMILES string of the molecule is CCCOc1ccccc1-c1nc2nc(NC3CC3)ncc2c(=O)[nH]1. The van der Waals surface area contributed by atoms with Gasteiger partial charge in [0.15, 0.2) is 5.65 Å². The van der Waals surface area contributed by atoms with Crippen LogP contribution in [-0.2, 0) is 0 Å². The third-order valence-corrected chi connectivity index (χ3v) is 3.98. The number of nitrogens with zero attached hydrogens (tertiary/aromatic N) is 3. The number of rotatable bonds is 6. The zero-order chi connectivity index (χ0) is 17.2. The van der Waals surface area contributed by atoms with Gasteiger partial charge in [0.2, 0.25) is 5.95 Å². The molecule has 4 rings (SSSR count). The third-order valence-electron chi connectivity index (χ3n) is 3.98. The Balaban J connectivity index is 1.78. The fourth-order valence-corrected chi connectivity index (χ4v) is 2.53. The summed E-state index contributed by atoms with van der Waals surface area (Å²) in [6.45, 7) is 2.65. The maximum Gasteiger partial charge on any atom is 0.262 e. The van der Waals surface area contributed by atoms with Gasteiger partial charge in [-0.15, -0.1) is 0 Å². The second-order valence-electron chi connectivity index (χ2n) is 6.11. The molecule has 0 bridgehead atoms. The molecule has 25 heavy (non-hydrogen) atoms. The first kappa shape index (κ1) is 15.6. The van der Waals surface area contributed by atoms with Crippen LogP contribution in [0.3, 0.4) is 0 Å². The fraction of sp³-hybridized carbons (Fsp3) is 0.333. The van der Waals surface area contributed by atoms with Crippen molar-refractivity contribution in [3.05, 3.63) is 40.8 Å². The van der Waals surface area contributed by atoms with E-state index in [1.165, 1.54) is 6.20 Å². The first-order valence-corrected chi connectivity index (χ1v) is 8.50. The lowest BCUT2D eigenvalue weighted by Crippen LogP contribution is -2.13. The van der Waals surface area contributed by atoms with E-state index in [9.17, 15) is 4.79 Å². The Kier molecular flexibility index (Phi) is 4.05. The molecular weight excluding hydrogens is 318 g/mol. The number of para-hydroxylation sites is 1. The average Bonchev–Trinajstić information content (AvgIpc) is 3.44. The van der Waals surface area contributed by atoms with Crippen molar-refractivity contribution in [1.29, 1.82) is 0 Å². The van der Waals surface area contributed by atoms with Gasteiger partial charge in [0.25, 0.3) is 5.56 Å². The fourth-order valence-electron chi connectivity index (χ4n) is 2.53. The summed E-state index contributed by atoms with van der Waals surface area (Å²) in [5.74, 6) is 1.65. The molecule has 1 aliphatic carbocycles. The van der Waals surface area contributed by atoms with Crippen LogP contribution in [0.15, 0.2) is 35.3 Å². The highest BCUT2D eigenvalue weighted by Crippen LogP contribution is 2.27. The summed E-state index contributed by atoms with van der Waals surface area (Å²) in [4.78, 5) is 28.4. The Morgan fingerprint density at radius 1 is 1.28 bits per heavy atom. The highest BCUT2D eigenvalue weighted by atomic mass is 16.5. The van der Waals surface area contributed by atoms with Gasteiger partial charge in [0, 0.05) is 12.2 Å². The Labute approximate surface area is 144 Å². The number of anilines is 1. The summed E-state index contributed by atoms with van der Waals surface area (Å²) < 4.78 is 5.77. The maximum atomic E-state index is 12.4. The molecule has 1 aromatic carbocycles. The molecular formula is C18H19N5O2. The van der Waals surface area contributed by atoms with E-state index >= 15 is 0 Å². The van der Waals surface area contributed by atoms with Crippen LogP contribution in [0.5, 0.6) is 5.75 Å². The summed E-state index contributed by atoms with van der Waals surface area (Å²) >= 11 is 0. The molecule has 0 aliphatic heterocycles. The van der Waals surface area contributed by atoms with E-state index in [2.05, 4.69) is 25.3 Å². The van der Waals surface area contributed by atoms with Gasteiger partial charge in [0.05, 0.1) is 12.2 Å². The molecule has 2 heterocycles. The van der Waals surface area contributed by atoms with Crippen molar-refractivity contribution in [3.8, 4) is 17.1 Å². The summed E-state index contributed by atoms with van der Waals surface area (Å²) in [6, 6.07) is 7.96. The highest BCUT2D eigenvalue weighted by molar-refractivity contribution is 5.77. The average molecular weight is 337 g/mol. The van der Waals surface area contributed by atoms with Gasteiger partial charge in [0.1, 0.15) is 17.0 Å². The van der Waals surface area contributed by atoms with Gasteiger partial charge < -0.3 is 15.0 Å². The molecule has 0 radical (unpaired) electrons. The Bertz CT molecular complexity index is 965. The van der Waals surface area contributed by atoms with Crippen molar-refractivity contribution in [3.63, 3.8) is 0 Å². The quantitative estimate of drug-likeness (QED) is 0.718. The number of aromatic nitrogens is 4. The summed E-state index contributed by atoms with van der Waals surface area (Å²) in [5, 5.41) is 3.60. The van der Waals surface area contributed by atoms with Gasteiger partial charge in [-0.05, 0) is 31.4 Å². The van der Waals surface area contributed by atoms with E-state index in [1.54, 1.807) is 0 Å². The van der Waals surface area contributed by atoms with Crippen LogP contribution in [0.4, 0.5) is 5.95 Å². The smallest absolute Gasteiger partial charge is 0.262 e. The molecule has 0 spiro atoms. The number of H-pyrrole nitrogens is 1. The van der Waals surface area contributed by atoms with Crippen LogP contribution in [0.1, 0.15) is 26.2 Å². The molecule has 2 N–H and O–H groups in total. The van der Waals surface area contributed by atoms with Crippen molar-refractivity contribution >= 4 is 17.0 Å². The van der Waals surface area contributed by atoms with Crippen molar-refractivity contribution in [2.24, 2.45) is 0 Å². The molecule has 2 aromatic heterocycles. The second-order valence-corrected chi connectivity index (χ2v) is 6.11. The standard InChI is InChI=1S/C18H19N5O2/c1-2-9-25-14-6-4-3-5-12(14)15-21-16-13(17(24)22-15)10-19-18(23-16)20-11-7-8-11/h3-6,10-11H,2,7-9H2,1H3,(H2,19,20,21,22,23,24). The number of hydrogen-bond acceptors (Lipinski definition) is 6. The lowest BCUT2D eigenvalue weighted by molar-refractivity contribution is 0.318. The lowest BCUT2D eigenvalue weighted by atomic mass is 10.2. The van der Waals surface area contributed by atoms with Crippen molar-refractivity contribution < 1.29 is 4.74 Å². The third kappa shape index (κ3) is 3.31. The molecule has 1 aliphatic rings. The summed E-state index contributed by atoms with van der Waals surface area (Å²) in [5.41, 5.74) is 0.857. The van der Waals surface area contributed by atoms with Crippen LogP contribution < -0.4 is 15.6 Å². The van der Waals surface area contributed by atoms with Gasteiger partial charge >= 0.3 is 0 Å². The van der Waals surface area contributed by atoms with Gasteiger partial charge in [-0.3, -0.25) is 4.79 Å². The minimum atomic E-state index is -0.261. The normalized spacial score (nSPS) is 13.8. The summed E-state index contributed by atoms with van der Waals surface area (Å²) in [6.07, 6.45) is 4.66. The topological polar surface area (TPSA) is 92.8 Å². The van der Waals surface area contributed by atoms with Crippen LogP contribution in [0.25, 0.3) is 22.4 Å². The number of aromatic amines is 1. The summed E-state index contributed by atoms with van der Waals surface area (Å²) in [7, 11) is 0. The first-order valence-electron chi connectivity index (χ1n) is 8.50. The Morgan fingerprint density at radius 2 is 2.12 bits per heavy atom. The molecule has 0 atom stereocenters. The highest BCUT2D eigenvalue weighted by Gasteiger charge is 2.22. The predicted octanol–water partition coefficient (Wildman–Crippen LogP) is 2.74. The lowest BCUT2D eigenvalue weighted by Gasteiger charge is -2.10. The van der Waals surface area contributed by atoms with E-state index in [1.807, 2.05) is 31.2 Å². The van der Waals surface area contributed by atoms with Gasteiger partial charge in [-0.1, -0.05) is 19.1 Å². The number of hydrogen-bond donors (Lipinski definition) is 2. The van der Waals surface area contributed by atoms with Gasteiger partial charge in [-0.2, -0.15) is 4.98 Å². The van der Waals surface area contributed by atoms with E-state index in [0.717, 1.165) is 24.8 Å².